The van der Waals surface area contributed by atoms with Gasteiger partial charge < -0.3 is 10.6 Å². The predicted octanol–water partition coefficient (Wildman–Crippen LogP) is 1.76. The summed E-state index contributed by atoms with van der Waals surface area (Å²) in [4.78, 5) is 14.5. The van der Waals surface area contributed by atoms with E-state index >= 15 is 0 Å². The Hall–Kier alpha value is -0.570. The van der Waals surface area contributed by atoms with Gasteiger partial charge in [0.1, 0.15) is 0 Å². The molecule has 0 heterocycles. The molecule has 0 aromatic heterocycles. The fraction of sp³-hybridized carbons (Fsp3) is 0.933. The third kappa shape index (κ3) is 1.49. The number of nitrogens with zero attached hydrogens (tertiary/aromatic N) is 1. The Labute approximate surface area is 109 Å². The van der Waals surface area contributed by atoms with Gasteiger partial charge in [-0.1, -0.05) is 0 Å². The summed E-state index contributed by atoms with van der Waals surface area (Å²) >= 11 is 0. The molecule has 3 heteroatoms. The fourth-order valence-electron chi connectivity index (χ4n) is 5.36. The molecule has 0 aromatic rings. The SMILES string of the molecule is CN(C(=O)C1(N)CC1)C1C2CC3CC(C2)CC1C3. The van der Waals surface area contributed by atoms with Gasteiger partial charge in [-0.25, -0.2) is 0 Å². The molecule has 5 aliphatic rings. The van der Waals surface area contributed by atoms with Gasteiger partial charge >= 0.3 is 0 Å². The Morgan fingerprint density at radius 1 is 1.06 bits per heavy atom. The molecule has 5 rings (SSSR count). The number of hydrogen-bond acceptors (Lipinski definition) is 2. The van der Waals surface area contributed by atoms with Crippen LogP contribution in [0.2, 0.25) is 0 Å². The van der Waals surface area contributed by atoms with Crippen LogP contribution in [0.4, 0.5) is 0 Å². The summed E-state index contributed by atoms with van der Waals surface area (Å²) in [6.07, 6.45) is 8.73. The average Bonchev–Trinajstić information content (AvgIpc) is 3.06. The minimum Gasteiger partial charge on any atom is -0.341 e. The van der Waals surface area contributed by atoms with Gasteiger partial charge in [-0.15, -0.1) is 0 Å². The lowest BCUT2D eigenvalue weighted by Gasteiger charge is -2.56. The number of nitrogens with two attached hydrogens (primary N) is 1. The highest BCUT2D eigenvalue weighted by Gasteiger charge is 2.54. The molecule has 0 atom stereocenters. The van der Waals surface area contributed by atoms with E-state index in [4.69, 9.17) is 5.73 Å². The van der Waals surface area contributed by atoms with E-state index in [1.807, 2.05) is 7.05 Å². The highest BCUT2D eigenvalue weighted by Crippen LogP contribution is 2.55. The Morgan fingerprint density at radius 2 is 1.56 bits per heavy atom. The van der Waals surface area contributed by atoms with Crippen LogP contribution >= 0.6 is 0 Å². The second-order valence-corrected chi connectivity index (χ2v) is 7.49. The van der Waals surface area contributed by atoms with E-state index in [-0.39, 0.29) is 5.91 Å². The maximum atomic E-state index is 12.5. The Morgan fingerprint density at radius 3 is 2.00 bits per heavy atom. The van der Waals surface area contributed by atoms with E-state index in [9.17, 15) is 4.79 Å². The highest BCUT2D eigenvalue weighted by atomic mass is 16.2. The van der Waals surface area contributed by atoms with Crippen molar-refractivity contribution in [1.29, 1.82) is 0 Å². The van der Waals surface area contributed by atoms with Crippen molar-refractivity contribution in [3.05, 3.63) is 0 Å². The third-order valence-corrected chi connectivity index (χ3v) is 6.16. The summed E-state index contributed by atoms with van der Waals surface area (Å²) in [6.45, 7) is 0. The zero-order chi connectivity index (χ0) is 12.5. The Bertz CT molecular complexity index is 360. The van der Waals surface area contributed by atoms with Crippen molar-refractivity contribution in [2.24, 2.45) is 29.4 Å². The quantitative estimate of drug-likeness (QED) is 0.809. The highest BCUT2D eigenvalue weighted by molar-refractivity contribution is 5.89. The van der Waals surface area contributed by atoms with E-state index in [2.05, 4.69) is 4.90 Å². The topological polar surface area (TPSA) is 46.3 Å². The zero-order valence-electron chi connectivity index (χ0n) is 11.3. The monoisotopic (exact) mass is 248 g/mol. The molecule has 0 spiro atoms. The largest absolute Gasteiger partial charge is 0.341 e. The molecule has 0 radical (unpaired) electrons. The van der Waals surface area contributed by atoms with Crippen molar-refractivity contribution in [2.45, 2.75) is 56.5 Å². The maximum Gasteiger partial charge on any atom is 0.242 e. The molecule has 0 aliphatic heterocycles. The molecule has 4 bridgehead atoms. The summed E-state index contributed by atoms with van der Waals surface area (Å²) in [6, 6.07) is 0.506. The van der Waals surface area contributed by atoms with Crippen LogP contribution in [0.25, 0.3) is 0 Å². The lowest BCUT2D eigenvalue weighted by Crippen LogP contribution is -2.59. The van der Waals surface area contributed by atoms with Crippen molar-refractivity contribution in [2.75, 3.05) is 7.05 Å². The molecule has 5 fully saturated rings. The van der Waals surface area contributed by atoms with Crippen molar-refractivity contribution < 1.29 is 4.79 Å². The lowest BCUT2D eigenvalue weighted by atomic mass is 9.54. The van der Waals surface area contributed by atoms with Gasteiger partial charge in [0.25, 0.3) is 0 Å². The summed E-state index contributed by atoms with van der Waals surface area (Å²) in [5, 5.41) is 0. The molecule has 100 valence electrons. The molecule has 0 unspecified atom stereocenters. The molecule has 1 amide bonds. The van der Waals surface area contributed by atoms with E-state index in [0.29, 0.717) is 6.04 Å². The van der Waals surface area contributed by atoms with Crippen LogP contribution in [0.3, 0.4) is 0 Å². The summed E-state index contributed by atoms with van der Waals surface area (Å²) < 4.78 is 0. The molecule has 5 saturated carbocycles. The molecule has 3 nitrogen and oxygen atoms in total. The average molecular weight is 248 g/mol. The van der Waals surface area contributed by atoms with E-state index in [0.717, 1.165) is 36.5 Å². The maximum absolute atomic E-state index is 12.5. The van der Waals surface area contributed by atoms with Crippen LogP contribution in [0.15, 0.2) is 0 Å². The van der Waals surface area contributed by atoms with Gasteiger partial charge in [0.15, 0.2) is 0 Å². The molecule has 5 aliphatic carbocycles. The number of hydrogen-bond donors (Lipinski definition) is 1. The first-order chi connectivity index (χ1) is 8.57. The van der Waals surface area contributed by atoms with Gasteiger partial charge in [-0.2, -0.15) is 0 Å². The van der Waals surface area contributed by atoms with E-state index < -0.39 is 5.54 Å². The van der Waals surface area contributed by atoms with Crippen LogP contribution < -0.4 is 5.73 Å². The Kier molecular flexibility index (Phi) is 2.19. The molecule has 2 N–H and O–H groups in total. The van der Waals surface area contributed by atoms with E-state index in [1.165, 1.54) is 32.1 Å². The molecule has 0 aromatic carbocycles. The number of carbonyl (C=O) groups excluding carboxylic acids is 1. The van der Waals surface area contributed by atoms with Crippen LogP contribution in [0.5, 0.6) is 0 Å². The van der Waals surface area contributed by atoms with Gasteiger partial charge in [-0.3, -0.25) is 4.79 Å². The minimum absolute atomic E-state index is 0.222. The second kappa shape index (κ2) is 3.50. The van der Waals surface area contributed by atoms with Gasteiger partial charge in [0, 0.05) is 13.1 Å². The van der Waals surface area contributed by atoms with Crippen LogP contribution in [0.1, 0.15) is 44.9 Å². The molecule has 18 heavy (non-hydrogen) atoms. The van der Waals surface area contributed by atoms with Crippen molar-refractivity contribution in [1.82, 2.24) is 4.90 Å². The van der Waals surface area contributed by atoms with Crippen LogP contribution in [-0.2, 0) is 4.79 Å². The number of amides is 1. The van der Waals surface area contributed by atoms with Gasteiger partial charge in [0.2, 0.25) is 5.91 Å². The Balaban J connectivity index is 1.56. The van der Waals surface area contributed by atoms with Gasteiger partial charge in [-0.05, 0) is 68.6 Å². The second-order valence-electron chi connectivity index (χ2n) is 7.49. The number of rotatable bonds is 2. The van der Waals surface area contributed by atoms with Crippen molar-refractivity contribution in [3.63, 3.8) is 0 Å². The first-order valence-electron chi connectivity index (χ1n) is 7.63. The summed E-state index contributed by atoms with van der Waals surface area (Å²) in [5.74, 6) is 3.72. The number of carbonyl (C=O) groups is 1. The smallest absolute Gasteiger partial charge is 0.242 e. The van der Waals surface area contributed by atoms with Crippen molar-refractivity contribution >= 4 is 5.91 Å². The first kappa shape index (κ1) is 11.3. The fourth-order valence-corrected chi connectivity index (χ4v) is 5.36. The first-order valence-corrected chi connectivity index (χ1v) is 7.63. The van der Waals surface area contributed by atoms with Gasteiger partial charge in [0.05, 0.1) is 5.54 Å². The minimum atomic E-state index is -0.483. The summed E-state index contributed by atoms with van der Waals surface area (Å²) in [7, 11) is 2.02. The van der Waals surface area contributed by atoms with Crippen molar-refractivity contribution in [3.8, 4) is 0 Å². The molecular formula is C15H24N2O. The number of likely N-dealkylation sites (N-methyl/N-ethyl adjacent to an activating group) is 1. The molecular weight excluding hydrogens is 224 g/mol. The zero-order valence-corrected chi connectivity index (χ0v) is 11.3. The third-order valence-electron chi connectivity index (χ3n) is 6.16. The lowest BCUT2D eigenvalue weighted by molar-refractivity contribution is -0.143. The normalized spacial score (nSPS) is 47.1. The predicted molar refractivity (Wildman–Crippen MR) is 69.8 cm³/mol. The van der Waals surface area contributed by atoms with E-state index in [1.54, 1.807) is 0 Å². The van der Waals surface area contributed by atoms with Crippen LogP contribution in [-0.4, -0.2) is 29.4 Å². The van der Waals surface area contributed by atoms with Crippen LogP contribution in [0, 0.1) is 23.7 Å². The standard InChI is InChI=1S/C15H24N2O/c1-17(14(18)15(16)2-3-15)13-11-5-9-4-10(7-11)8-12(13)6-9/h9-13H,2-8,16H2,1H3. The summed E-state index contributed by atoms with van der Waals surface area (Å²) in [5.41, 5.74) is 5.61. The molecule has 0 saturated heterocycles.